The van der Waals surface area contributed by atoms with E-state index in [9.17, 15) is 9.18 Å². The van der Waals surface area contributed by atoms with Crippen molar-refractivity contribution in [1.82, 2.24) is 0 Å². The Kier molecular flexibility index (Phi) is 4.08. The SMILES string of the molecule is CC(C)(CC(=O)O)Cc1ccc(Br)cc1F. The van der Waals surface area contributed by atoms with Crippen molar-refractivity contribution in [1.29, 1.82) is 0 Å². The van der Waals surface area contributed by atoms with E-state index in [1.807, 2.05) is 13.8 Å². The van der Waals surface area contributed by atoms with Gasteiger partial charge in [0, 0.05) is 4.47 Å². The van der Waals surface area contributed by atoms with Gasteiger partial charge in [-0.05, 0) is 29.5 Å². The van der Waals surface area contributed by atoms with Crippen LogP contribution >= 0.6 is 15.9 Å². The Bertz CT molecular complexity index is 402. The Morgan fingerprint density at radius 3 is 2.62 bits per heavy atom. The highest BCUT2D eigenvalue weighted by molar-refractivity contribution is 9.10. The van der Waals surface area contributed by atoms with Crippen LogP contribution in [0.25, 0.3) is 0 Å². The smallest absolute Gasteiger partial charge is 0.303 e. The van der Waals surface area contributed by atoms with Crippen molar-refractivity contribution in [2.45, 2.75) is 26.7 Å². The summed E-state index contributed by atoms with van der Waals surface area (Å²) < 4.78 is 14.2. The van der Waals surface area contributed by atoms with Crippen molar-refractivity contribution < 1.29 is 14.3 Å². The highest BCUT2D eigenvalue weighted by Gasteiger charge is 2.23. The Labute approximate surface area is 103 Å². The highest BCUT2D eigenvalue weighted by Crippen LogP contribution is 2.28. The Balaban J connectivity index is 2.83. The van der Waals surface area contributed by atoms with E-state index in [0.29, 0.717) is 16.5 Å². The highest BCUT2D eigenvalue weighted by atomic mass is 79.9. The van der Waals surface area contributed by atoms with Gasteiger partial charge >= 0.3 is 5.97 Å². The van der Waals surface area contributed by atoms with Gasteiger partial charge in [0.25, 0.3) is 0 Å². The average molecular weight is 289 g/mol. The first-order chi connectivity index (χ1) is 7.30. The van der Waals surface area contributed by atoms with Crippen molar-refractivity contribution in [2.75, 3.05) is 0 Å². The van der Waals surface area contributed by atoms with Gasteiger partial charge in [-0.2, -0.15) is 0 Å². The van der Waals surface area contributed by atoms with Gasteiger partial charge in [-0.15, -0.1) is 0 Å². The molecular weight excluding hydrogens is 275 g/mol. The maximum absolute atomic E-state index is 13.5. The molecule has 0 aliphatic rings. The standard InChI is InChI=1S/C12H14BrFO2/c1-12(2,7-11(15)16)6-8-3-4-9(13)5-10(8)14/h3-5H,6-7H2,1-2H3,(H,15,16). The lowest BCUT2D eigenvalue weighted by molar-refractivity contribution is -0.139. The third-order valence-electron chi connectivity index (χ3n) is 2.31. The zero-order valence-corrected chi connectivity index (χ0v) is 10.8. The summed E-state index contributed by atoms with van der Waals surface area (Å²) in [7, 11) is 0. The molecule has 0 heterocycles. The number of hydrogen-bond acceptors (Lipinski definition) is 1. The number of halogens is 2. The first kappa shape index (κ1) is 13.2. The van der Waals surface area contributed by atoms with E-state index in [1.165, 1.54) is 6.07 Å². The van der Waals surface area contributed by atoms with Gasteiger partial charge in [0.15, 0.2) is 0 Å². The van der Waals surface area contributed by atoms with Gasteiger partial charge in [0.1, 0.15) is 5.82 Å². The van der Waals surface area contributed by atoms with Crippen LogP contribution in [-0.2, 0) is 11.2 Å². The van der Waals surface area contributed by atoms with Crippen LogP contribution in [0.2, 0.25) is 0 Å². The maximum atomic E-state index is 13.5. The molecule has 4 heteroatoms. The second-order valence-electron chi connectivity index (χ2n) is 4.65. The Morgan fingerprint density at radius 1 is 1.50 bits per heavy atom. The van der Waals surface area contributed by atoms with E-state index in [2.05, 4.69) is 15.9 Å². The quantitative estimate of drug-likeness (QED) is 0.919. The van der Waals surface area contributed by atoms with Crippen LogP contribution in [0.3, 0.4) is 0 Å². The molecule has 0 amide bonds. The summed E-state index contributed by atoms with van der Waals surface area (Å²) in [4.78, 5) is 10.6. The molecule has 1 rings (SSSR count). The molecule has 0 aliphatic heterocycles. The molecule has 16 heavy (non-hydrogen) atoms. The topological polar surface area (TPSA) is 37.3 Å². The van der Waals surface area contributed by atoms with E-state index < -0.39 is 11.4 Å². The van der Waals surface area contributed by atoms with Crippen LogP contribution in [-0.4, -0.2) is 11.1 Å². The van der Waals surface area contributed by atoms with E-state index >= 15 is 0 Å². The van der Waals surface area contributed by atoms with Gasteiger partial charge in [0.05, 0.1) is 6.42 Å². The van der Waals surface area contributed by atoms with Gasteiger partial charge in [0.2, 0.25) is 0 Å². The van der Waals surface area contributed by atoms with Crippen molar-refractivity contribution in [3.63, 3.8) is 0 Å². The third kappa shape index (κ3) is 3.93. The minimum atomic E-state index is -0.859. The number of carboxylic acid groups (broad SMARTS) is 1. The predicted octanol–water partition coefficient (Wildman–Crippen LogP) is 3.63. The third-order valence-corrected chi connectivity index (χ3v) is 2.81. The lowest BCUT2D eigenvalue weighted by Crippen LogP contribution is -2.20. The van der Waals surface area contributed by atoms with E-state index in [1.54, 1.807) is 12.1 Å². The molecular formula is C12H14BrFO2. The number of aliphatic carboxylic acids is 1. The van der Waals surface area contributed by atoms with Crippen LogP contribution in [0.15, 0.2) is 22.7 Å². The van der Waals surface area contributed by atoms with Gasteiger partial charge in [-0.3, -0.25) is 4.79 Å². The molecule has 0 radical (unpaired) electrons. The zero-order valence-electron chi connectivity index (χ0n) is 9.26. The van der Waals surface area contributed by atoms with Crippen LogP contribution in [0.4, 0.5) is 4.39 Å². The first-order valence-electron chi connectivity index (χ1n) is 4.96. The summed E-state index contributed by atoms with van der Waals surface area (Å²) >= 11 is 3.18. The fourth-order valence-corrected chi connectivity index (χ4v) is 1.99. The summed E-state index contributed by atoms with van der Waals surface area (Å²) in [6.45, 7) is 3.64. The predicted molar refractivity (Wildman–Crippen MR) is 63.8 cm³/mol. The molecule has 2 nitrogen and oxygen atoms in total. The van der Waals surface area contributed by atoms with Crippen molar-refractivity contribution in [2.24, 2.45) is 5.41 Å². The Morgan fingerprint density at radius 2 is 2.12 bits per heavy atom. The lowest BCUT2D eigenvalue weighted by atomic mass is 9.82. The van der Waals surface area contributed by atoms with Crippen LogP contribution in [0, 0.1) is 11.2 Å². The molecule has 1 aromatic rings. The molecule has 1 aromatic carbocycles. The molecule has 0 bridgehead atoms. The van der Waals surface area contributed by atoms with Gasteiger partial charge in [-0.1, -0.05) is 35.8 Å². The maximum Gasteiger partial charge on any atom is 0.303 e. The van der Waals surface area contributed by atoms with Crippen molar-refractivity contribution >= 4 is 21.9 Å². The largest absolute Gasteiger partial charge is 0.481 e. The van der Waals surface area contributed by atoms with Crippen molar-refractivity contribution in [3.8, 4) is 0 Å². The minimum Gasteiger partial charge on any atom is -0.481 e. The zero-order chi connectivity index (χ0) is 12.3. The first-order valence-corrected chi connectivity index (χ1v) is 5.75. The number of hydrogen-bond donors (Lipinski definition) is 1. The van der Waals surface area contributed by atoms with Crippen LogP contribution in [0.1, 0.15) is 25.8 Å². The molecule has 0 unspecified atom stereocenters. The Hall–Kier alpha value is -0.900. The average Bonchev–Trinajstić information content (AvgIpc) is 2.07. The molecule has 0 aliphatic carbocycles. The van der Waals surface area contributed by atoms with E-state index in [0.717, 1.165) is 0 Å². The van der Waals surface area contributed by atoms with Crippen LogP contribution < -0.4 is 0 Å². The molecule has 0 spiro atoms. The summed E-state index contributed by atoms with van der Waals surface area (Å²) in [6.07, 6.45) is 0.445. The summed E-state index contributed by atoms with van der Waals surface area (Å²) in [5.41, 5.74) is 0.106. The van der Waals surface area contributed by atoms with Gasteiger partial charge < -0.3 is 5.11 Å². The van der Waals surface area contributed by atoms with E-state index in [-0.39, 0.29) is 12.2 Å². The van der Waals surface area contributed by atoms with Crippen molar-refractivity contribution in [3.05, 3.63) is 34.1 Å². The number of rotatable bonds is 4. The molecule has 88 valence electrons. The molecule has 0 saturated carbocycles. The summed E-state index contributed by atoms with van der Waals surface area (Å²) in [5, 5.41) is 8.74. The molecule has 0 saturated heterocycles. The number of carboxylic acids is 1. The number of carbonyl (C=O) groups is 1. The van der Waals surface area contributed by atoms with Gasteiger partial charge in [-0.25, -0.2) is 4.39 Å². The van der Waals surface area contributed by atoms with E-state index in [4.69, 9.17) is 5.11 Å². The fraction of sp³-hybridized carbons (Fsp3) is 0.417. The molecule has 0 aromatic heterocycles. The second kappa shape index (κ2) is 4.95. The number of benzene rings is 1. The fourth-order valence-electron chi connectivity index (χ4n) is 1.65. The van der Waals surface area contributed by atoms with Crippen LogP contribution in [0.5, 0.6) is 0 Å². The molecule has 0 fully saturated rings. The monoisotopic (exact) mass is 288 g/mol. The second-order valence-corrected chi connectivity index (χ2v) is 5.56. The molecule has 0 atom stereocenters. The summed E-state index contributed by atoms with van der Waals surface area (Å²) in [5.74, 6) is -1.16. The normalized spacial score (nSPS) is 11.5. The molecule has 1 N–H and O–H groups in total. The minimum absolute atomic E-state index is 0.0303. The summed E-state index contributed by atoms with van der Waals surface area (Å²) in [6, 6.07) is 4.84. The lowest BCUT2D eigenvalue weighted by Gasteiger charge is -2.22.